The van der Waals surface area contributed by atoms with Crippen molar-refractivity contribution >= 4 is 11.6 Å². The normalized spacial score (nSPS) is 11.0. The molecular weight excluding hydrogens is 294 g/mol. The molecule has 0 unspecified atom stereocenters. The van der Waals surface area contributed by atoms with Crippen LogP contribution in [0.1, 0.15) is 16.8 Å². The molecule has 120 valence electrons. The topological polar surface area (TPSA) is 84.6 Å². The highest BCUT2D eigenvalue weighted by atomic mass is 16.5. The maximum Gasteiger partial charge on any atom is 0.254 e. The number of aromatic nitrogens is 4. The number of hydrogen-bond acceptors (Lipinski definition) is 6. The summed E-state index contributed by atoms with van der Waals surface area (Å²) >= 11 is 0. The molecular formula is C16H19N5O2. The Hall–Kier alpha value is -2.51. The predicted octanol–water partition coefficient (Wildman–Crippen LogP) is 1.42. The lowest BCUT2D eigenvalue weighted by molar-refractivity contribution is 0.181. The molecule has 0 radical (unpaired) electrons. The van der Waals surface area contributed by atoms with Gasteiger partial charge in [0.15, 0.2) is 0 Å². The van der Waals surface area contributed by atoms with E-state index in [1.54, 1.807) is 11.6 Å². The maximum absolute atomic E-state index is 9.06. The van der Waals surface area contributed by atoms with E-state index in [4.69, 9.17) is 9.84 Å². The summed E-state index contributed by atoms with van der Waals surface area (Å²) < 4.78 is 6.81. The molecule has 7 heteroatoms. The zero-order valence-electron chi connectivity index (χ0n) is 12.9. The summed E-state index contributed by atoms with van der Waals surface area (Å²) in [5, 5.41) is 16.6. The lowest BCUT2D eigenvalue weighted by Gasteiger charge is -2.10. The van der Waals surface area contributed by atoms with Gasteiger partial charge < -0.3 is 15.2 Å². The van der Waals surface area contributed by atoms with Crippen LogP contribution < -0.4 is 5.32 Å². The van der Waals surface area contributed by atoms with Gasteiger partial charge in [-0.15, -0.1) is 0 Å². The van der Waals surface area contributed by atoms with E-state index in [0.29, 0.717) is 12.4 Å². The third-order valence-electron chi connectivity index (χ3n) is 3.52. The fourth-order valence-electron chi connectivity index (χ4n) is 2.36. The van der Waals surface area contributed by atoms with Gasteiger partial charge in [-0.05, 0) is 17.5 Å². The monoisotopic (exact) mass is 313 g/mol. The van der Waals surface area contributed by atoms with Gasteiger partial charge in [0.05, 0.1) is 18.9 Å². The summed E-state index contributed by atoms with van der Waals surface area (Å²) in [5.74, 6) is 1.39. The predicted molar refractivity (Wildman–Crippen MR) is 86.1 cm³/mol. The molecule has 7 nitrogen and oxygen atoms in total. The number of rotatable bonds is 7. The molecule has 0 aliphatic heterocycles. The number of nitrogens with one attached hydrogen (secondary N) is 1. The first-order chi connectivity index (χ1) is 11.3. The zero-order chi connectivity index (χ0) is 16.1. The van der Waals surface area contributed by atoms with Gasteiger partial charge in [0.25, 0.3) is 5.78 Å². The Kier molecular flexibility index (Phi) is 4.80. The van der Waals surface area contributed by atoms with E-state index in [1.165, 1.54) is 11.9 Å². The molecule has 0 atom stereocenters. The van der Waals surface area contributed by atoms with Gasteiger partial charge in [-0.1, -0.05) is 24.3 Å². The molecule has 1 aromatic carbocycles. The first-order valence-electron chi connectivity index (χ1n) is 7.41. The van der Waals surface area contributed by atoms with Crippen LogP contribution in [0.5, 0.6) is 0 Å². The van der Waals surface area contributed by atoms with Crippen LogP contribution in [-0.2, 0) is 24.4 Å². The van der Waals surface area contributed by atoms with Gasteiger partial charge in [0.1, 0.15) is 12.1 Å². The average molecular weight is 313 g/mol. The summed E-state index contributed by atoms with van der Waals surface area (Å²) in [5.41, 5.74) is 2.93. The van der Waals surface area contributed by atoms with Crippen LogP contribution in [0.4, 0.5) is 5.82 Å². The molecule has 0 saturated heterocycles. The van der Waals surface area contributed by atoms with Gasteiger partial charge in [-0.3, -0.25) is 0 Å². The molecule has 0 aliphatic carbocycles. The average Bonchev–Trinajstić information content (AvgIpc) is 3.04. The van der Waals surface area contributed by atoms with E-state index in [1.807, 2.05) is 30.3 Å². The molecule has 23 heavy (non-hydrogen) atoms. The van der Waals surface area contributed by atoms with Crippen LogP contribution in [0.3, 0.4) is 0 Å². The Morgan fingerprint density at radius 1 is 1.22 bits per heavy atom. The summed E-state index contributed by atoms with van der Waals surface area (Å²) in [6.07, 6.45) is 2.35. The highest BCUT2D eigenvalue weighted by Gasteiger charge is 2.07. The minimum absolute atomic E-state index is 0.0715. The number of nitrogens with zero attached hydrogens (tertiary/aromatic N) is 4. The van der Waals surface area contributed by atoms with Crippen molar-refractivity contribution in [2.45, 2.75) is 19.6 Å². The Labute approximate surface area is 134 Å². The van der Waals surface area contributed by atoms with E-state index >= 15 is 0 Å². The highest BCUT2D eigenvalue weighted by Crippen LogP contribution is 2.12. The molecule has 0 fully saturated rings. The number of methoxy groups -OCH3 is 1. The summed E-state index contributed by atoms with van der Waals surface area (Å²) in [7, 11) is 1.64. The standard InChI is InChI=1S/C16H19N5O2/c1-23-10-14-8-15(21-16(20-14)18-11-19-21)17-7-6-12-2-4-13(9-22)5-3-12/h2-5,8,11,17,22H,6-7,9-10H2,1H3. The Morgan fingerprint density at radius 3 is 2.74 bits per heavy atom. The van der Waals surface area contributed by atoms with Gasteiger partial charge in [0.2, 0.25) is 0 Å². The van der Waals surface area contributed by atoms with Crippen LogP contribution in [0.15, 0.2) is 36.7 Å². The van der Waals surface area contributed by atoms with Crippen LogP contribution in [0.2, 0.25) is 0 Å². The van der Waals surface area contributed by atoms with Crippen LogP contribution in [0, 0.1) is 0 Å². The highest BCUT2D eigenvalue weighted by molar-refractivity contribution is 5.45. The minimum atomic E-state index is 0.0715. The summed E-state index contributed by atoms with van der Waals surface area (Å²) in [6, 6.07) is 9.85. The van der Waals surface area contributed by atoms with Crippen molar-refractivity contribution in [2.24, 2.45) is 0 Å². The third-order valence-corrected chi connectivity index (χ3v) is 3.52. The van der Waals surface area contributed by atoms with E-state index in [-0.39, 0.29) is 6.61 Å². The van der Waals surface area contributed by atoms with Gasteiger partial charge in [0, 0.05) is 19.7 Å². The summed E-state index contributed by atoms with van der Waals surface area (Å²) in [4.78, 5) is 8.50. The van der Waals surface area contributed by atoms with E-state index in [0.717, 1.165) is 30.0 Å². The number of benzene rings is 1. The molecule has 0 aliphatic rings. The molecule has 0 bridgehead atoms. The van der Waals surface area contributed by atoms with Crippen molar-refractivity contribution in [3.63, 3.8) is 0 Å². The van der Waals surface area contributed by atoms with E-state index in [2.05, 4.69) is 20.4 Å². The quantitative estimate of drug-likeness (QED) is 0.686. The van der Waals surface area contributed by atoms with Crippen molar-refractivity contribution in [2.75, 3.05) is 19.0 Å². The van der Waals surface area contributed by atoms with Crippen molar-refractivity contribution in [3.05, 3.63) is 53.5 Å². The molecule has 0 spiro atoms. The maximum atomic E-state index is 9.06. The second-order valence-electron chi connectivity index (χ2n) is 5.19. The Bertz CT molecular complexity index is 770. The number of fused-ring (bicyclic) bond motifs is 1. The summed E-state index contributed by atoms with van der Waals surface area (Å²) in [6.45, 7) is 1.26. The van der Waals surface area contributed by atoms with Crippen molar-refractivity contribution in [3.8, 4) is 0 Å². The second-order valence-corrected chi connectivity index (χ2v) is 5.19. The molecule has 0 saturated carbocycles. The lowest BCUT2D eigenvalue weighted by atomic mass is 10.1. The van der Waals surface area contributed by atoms with Gasteiger partial charge >= 0.3 is 0 Å². The van der Waals surface area contributed by atoms with Crippen LogP contribution >= 0.6 is 0 Å². The fraction of sp³-hybridized carbons (Fsp3) is 0.312. The van der Waals surface area contributed by atoms with Gasteiger partial charge in [-0.25, -0.2) is 4.98 Å². The SMILES string of the molecule is COCc1cc(NCCc2ccc(CO)cc2)n2ncnc2n1. The Balaban J connectivity index is 1.69. The fourth-order valence-corrected chi connectivity index (χ4v) is 2.36. The zero-order valence-corrected chi connectivity index (χ0v) is 12.9. The number of anilines is 1. The molecule has 3 aromatic rings. The largest absolute Gasteiger partial charge is 0.392 e. The van der Waals surface area contributed by atoms with Crippen molar-refractivity contribution in [1.29, 1.82) is 0 Å². The number of aliphatic hydroxyl groups is 1. The van der Waals surface area contributed by atoms with E-state index < -0.39 is 0 Å². The van der Waals surface area contributed by atoms with Gasteiger partial charge in [-0.2, -0.15) is 14.6 Å². The first-order valence-corrected chi connectivity index (χ1v) is 7.41. The number of aliphatic hydroxyl groups excluding tert-OH is 1. The van der Waals surface area contributed by atoms with Crippen molar-refractivity contribution in [1.82, 2.24) is 19.6 Å². The molecule has 2 N–H and O–H groups in total. The van der Waals surface area contributed by atoms with Crippen molar-refractivity contribution < 1.29 is 9.84 Å². The molecule has 2 heterocycles. The number of ether oxygens (including phenoxy) is 1. The van der Waals surface area contributed by atoms with Crippen LogP contribution in [-0.4, -0.2) is 38.3 Å². The smallest absolute Gasteiger partial charge is 0.254 e. The molecule has 2 aromatic heterocycles. The first kappa shape index (κ1) is 15.4. The number of hydrogen-bond donors (Lipinski definition) is 2. The van der Waals surface area contributed by atoms with E-state index in [9.17, 15) is 0 Å². The minimum Gasteiger partial charge on any atom is -0.392 e. The Morgan fingerprint density at radius 2 is 2.00 bits per heavy atom. The molecule has 3 rings (SSSR count). The third kappa shape index (κ3) is 3.64. The second kappa shape index (κ2) is 7.17. The molecule has 0 amide bonds. The lowest BCUT2D eigenvalue weighted by Crippen LogP contribution is -2.11. The van der Waals surface area contributed by atoms with Crippen LogP contribution in [0.25, 0.3) is 5.78 Å².